The number of carbonyl (C=O) groups is 4. The van der Waals surface area contributed by atoms with E-state index in [0.717, 1.165) is 0 Å². The van der Waals surface area contributed by atoms with Gasteiger partial charge in [0, 0.05) is 0 Å². The van der Waals surface area contributed by atoms with Crippen LogP contribution < -0.4 is 16.1 Å². The van der Waals surface area contributed by atoms with Crippen molar-refractivity contribution in [3.05, 3.63) is 0 Å². The lowest BCUT2D eigenvalue weighted by molar-refractivity contribution is -0.159. The zero-order valence-electron chi connectivity index (χ0n) is 13.3. The lowest BCUT2D eigenvalue weighted by Crippen LogP contribution is -2.72. The van der Waals surface area contributed by atoms with Gasteiger partial charge in [0.15, 0.2) is 0 Å². The highest BCUT2D eigenvalue weighted by Crippen LogP contribution is 2.18. The van der Waals surface area contributed by atoms with Crippen LogP contribution in [0.4, 0.5) is 9.59 Å². The number of hydrogen-bond donors (Lipinski definition) is 3. The van der Waals surface area contributed by atoms with Crippen LogP contribution in [0.15, 0.2) is 5.16 Å². The summed E-state index contributed by atoms with van der Waals surface area (Å²) in [5.41, 5.74) is -1.66. The number of imide groups is 2. The molecule has 0 unspecified atom stereocenters. The van der Waals surface area contributed by atoms with Crippen LogP contribution in [0, 0.1) is 0 Å². The van der Waals surface area contributed by atoms with E-state index in [1.165, 1.54) is 14.0 Å². The van der Waals surface area contributed by atoms with Gasteiger partial charge in [0.1, 0.15) is 18.4 Å². The number of urea groups is 1. The fourth-order valence-electron chi connectivity index (χ4n) is 1.63. The molecule has 0 saturated carbocycles. The van der Waals surface area contributed by atoms with Crippen LogP contribution in [0.2, 0.25) is 0 Å². The summed E-state index contributed by atoms with van der Waals surface area (Å²) < 4.78 is 4.93. The molecule has 0 aromatic carbocycles. The molecule has 1 heterocycles. The van der Waals surface area contributed by atoms with E-state index in [1.807, 2.05) is 16.1 Å². The molecular weight excluding hydrogens is 312 g/mol. The second kappa shape index (κ2) is 6.60. The third-order valence-electron chi connectivity index (χ3n) is 2.52. The Hall–Kier alpha value is -2.69. The summed E-state index contributed by atoms with van der Waals surface area (Å²) in [5, 5.41) is 7.16. The Bertz CT molecular complexity index is 544. The fraction of sp³-hybridized carbons (Fsp3) is 0.583. The monoisotopic (exact) mass is 330 g/mol. The van der Waals surface area contributed by atoms with Gasteiger partial charge in [-0.2, -0.15) is 5.48 Å². The van der Waals surface area contributed by atoms with Crippen molar-refractivity contribution in [3.8, 4) is 0 Å². The van der Waals surface area contributed by atoms with E-state index in [-0.39, 0.29) is 5.71 Å². The molecule has 1 aliphatic rings. The maximum absolute atomic E-state index is 12.1. The smallest absolute Gasteiger partial charge is 0.431 e. The van der Waals surface area contributed by atoms with Gasteiger partial charge in [-0.15, -0.1) is 0 Å². The Morgan fingerprint density at radius 1 is 1.17 bits per heavy atom. The van der Waals surface area contributed by atoms with Crippen molar-refractivity contribution >= 4 is 29.7 Å². The van der Waals surface area contributed by atoms with Crippen LogP contribution >= 0.6 is 0 Å². The highest BCUT2D eigenvalue weighted by Gasteiger charge is 2.56. The van der Waals surface area contributed by atoms with E-state index >= 15 is 0 Å². The largest absolute Gasteiger partial charge is 0.442 e. The number of rotatable bonds is 4. The van der Waals surface area contributed by atoms with Crippen LogP contribution in [0.3, 0.4) is 0 Å². The molecule has 0 spiro atoms. The zero-order valence-corrected chi connectivity index (χ0v) is 13.3. The van der Waals surface area contributed by atoms with Gasteiger partial charge < -0.3 is 9.57 Å². The van der Waals surface area contributed by atoms with Gasteiger partial charge in [0.2, 0.25) is 0 Å². The summed E-state index contributed by atoms with van der Waals surface area (Å²) in [6.45, 7) is 6.07. The van der Waals surface area contributed by atoms with Gasteiger partial charge in [-0.05, 0) is 27.7 Å². The summed E-state index contributed by atoms with van der Waals surface area (Å²) >= 11 is 0. The first kappa shape index (κ1) is 18.4. The summed E-state index contributed by atoms with van der Waals surface area (Å²) in [6.07, 6.45) is -1.04. The average Bonchev–Trinajstić information content (AvgIpc) is 2.36. The maximum Gasteiger partial charge on any atom is 0.431 e. The topological polar surface area (TPSA) is 144 Å². The third kappa shape index (κ3) is 4.16. The molecule has 128 valence electrons. The molecule has 23 heavy (non-hydrogen) atoms. The second-order valence-corrected chi connectivity index (χ2v) is 5.48. The first-order chi connectivity index (χ1) is 10.5. The molecule has 0 atom stereocenters. The molecule has 1 saturated heterocycles. The number of amides is 5. The summed E-state index contributed by atoms with van der Waals surface area (Å²) in [6, 6.07) is -1.03. The molecule has 1 rings (SSSR count). The van der Waals surface area contributed by atoms with Crippen LogP contribution in [-0.4, -0.2) is 48.0 Å². The summed E-state index contributed by atoms with van der Waals surface area (Å²) in [7, 11) is 1.18. The van der Waals surface area contributed by atoms with Crippen LogP contribution in [-0.2, 0) is 24.0 Å². The third-order valence-corrected chi connectivity index (χ3v) is 2.52. The van der Waals surface area contributed by atoms with Gasteiger partial charge in [-0.25, -0.2) is 14.4 Å². The molecule has 0 aromatic heterocycles. The van der Waals surface area contributed by atoms with Crippen LogP contribution in [0.1, 0.15) is 27.7 Å². The molecule has 11 heteroatoms. The molecule has 11 nitrogen and oxygen atoms in total. The zero-order chi connectivity index (χ0) is 17.8. The predicted octanol–water partition coefficient (Wildman–Crippen LogP) is -0.430. The number of oxime groups is 1. The molecule has 5 amide bonds. The van der Waals surface area contributed by atoms with E-state index < -0.39 is 35.1 Å². The lowest BCUT2D eigenvalue weighted by Gasteiger charge is -2.32. The Balaban J connectivity index is 3.05. The van der Waals surface area contributed by atoms with E-state index in [1.54, 1.807) is 20.8 Å². The second-order valence-electron chi connectivity index (χ2n) is 5.48. The number of hydroxylamine groups is 1. The molecule has 0 aromatic rings. The van der Waals surface area contributed by atoms with E-state index in [0.29, 0.717) is 0 Å². The van der Waals surface area contributed by atoms with E-state index in [9.17, 15) is 19.2 Å². The maximum atomic E-state index is 12.1. The van der Waals surface area contributed by atoms with Crippen LogP contribution in [0.25, 0.3) is 0 Å². The Kier molecular flexibility index (Phi) is 5.27. The minimum atomic E-state index is -2.42. The Labute approximate surface area is 131 Å². The minimum absolute atomic E-state index is 0.251. The van der Waals surface area contributed by atoms with Gasteiger partial charge >= 0.3 is 12.1 Å². The molecule has 1 fully saturated rings. The first-order valence-electron chi connectivity index (χ1n) is 6.45. The van der Waals surface area contributed by atoms with Crippen molar-refractivity contribution in [1.82, 2.24) is 16.1 Å². The highest BCUT2D eigenvalue weighted by atomic mass is 16.7. The standard InChI is InChI=1S/C12H18N4O7/c1-6(15-21-5)12(7(17)13-9(19)14-8(12)18)23-16-10(20)22-11(2,3)4/h1-5H3,(H,16,20)(H2,13,14,17,18,19). The lowest BCUT2D eigenvalue weighted by atomic mass is 9.94. The Morgan fingerprint density at radius 2 is 1.70 bits per heavy atom. The fourth-order valence-corrected chi connectivity index (χ4v) is 1.63. The number of ether oxygens (including phenoxy) is 1. The number of carbonyl (C=O) groups excluding carboxylic acids is 4. The molecule has 1 aliphatic heterocycles. The van der Waals surface area contributed by atoms with E-state index in [4.69, 9.17) is 9.57 Å². The Morgan fingerprint density at radius 3 is 2.13 bits per heavy atom. The van der Waals surface area contributed by atoms with Crippen molar-refractivity contribution in [2.24, 2.45) is 5.16 Å². The summed E-state index contributed by atoms with van der Waals surface area (Å²) in [4.78, 5) is 56.5. The average molecular weight is 330 g/mol. The molecule has 0 bridgehead atoms. The minimum Gasteiger partial charge on any atom is -0.442 e. The molecule has 3 N–H and O–H groups in total. The van der Waals surface area contributed by atoms with Crippen molar-refractivity contribution < 1.29 is 33.6 Å². The van der Waals surface area contributed by atoms with Gasteiger partial charge in [0.25, 0.3) is 17.4 Å². The van der Waals surface area contributed by atoms with Crippen LogP contribution in [0.5, 0.6) is 0 Å². The van der Waals surface area contributed by atoms with E-state index in [2.05, 4.69) is 9.99 Å². The van der Waals surface area contributed by atoms with Crippen molar-refractivity contribution in [2.75, 3.05) is 7.11 Å². The highest BCUT2D eigenvalue weighted by molar-refractivity contribution is 6.34. The number of nitrogens with zero attached hydrogens (tertiary/aromatic N) is 1. The first-order valence-corrected chi connectivity index (χ1v) is 6.45. The van der Waals surface area contributed by atoms with Crippen molar-refractivity contribution in [3.63, 3.8) is 0 Å². The van der Waals surface area contributed by atoms with Crippen molar-refractivity contribution in [2.45, 2.75) is 38.9 Å². The number of nitrogens with one attached hydrogen (secondary N) is 3. The SMILES string of the molecule is CON=C(C)C1(ONC(=O)OC(C)(C)C)C(=O)NC(=O)NC1=O. The number of hydrogen-bond acceptors (Lipinski definition) is 8. The molecular formula is C12H18N4O7. The summed E-state index contributed by atoms with van der Waals surface area (Å²) in [5.74, 6) is -2.28. The quantitative estimate of drug-likeness (QED) is 0.360. The van der Waals surface area contributed by atoms with Gasteiger partial charge in [0.05, 0.1) is 0 Å². The van der Waals surface area contributed by atoms with Gasteiger partial charge in [-0.3, -0.25) is 20.2 Å². The normalized spacial score (nSPS) is 18.0. The molecule has 0 radical (unpaired) electrons. The number of barbiturate groups is 1. The van der Waals surface area contributed by atoms with Gasteiger partial charge in [-0.1, -0.05) is 5.16 Å². The molecule has 0 aliphatic carbocycles. The predicted molar refractivity (Wildman–Crippen MR) is 75.0 cm³/mol. The van der Waals surface area contributed by atoms with Crippen molar-refractivity contribution in [1.29, 1.82) is 0 Å².